The van der Waals surface area contributed by atoms with Crippen LogP contribution in [0.3, 0.4) is 0 Å². The van der Waals surface area contributed by atoms with E-state index in [2.05, 4.69) is 4.98 Å². The molecular weight excluding hydrogens is 199 g/mol. The second-order valence-electron chi connectivity index (χ2n) is 2.03. The summed E-state index contributed by atoms with van der Waals surface area (Å²) in [6.07, 6.45) is -4.67. The molecular formula is C6HF3Li2N4. The van der Waals surface area contributed by atoms with Gasteiger partial charge in [0, 0.05) is 37.7 Å². The van der Waals surface area contributed by atoms with Crippen LogP contribution in [-0.4, -0.2) is 47.7 Å². The maximum atomic E-state index is 11.9. The van der Waals surface area contributed by atoms with Crippen LogP contribution in [0.15, 0.2) is 0 Å². The van der Waals surface area contributed by atoms with Gasteiger partial charge in [-0.2, -0.15) is 23.7 Å². The number of hydrogen-bond acceptors (Lipinski definition) is 3. The molecule has 2 radical (unpaired) electrons. The number of aromatic nitrogens is 2. The number of rotatable bonds is 0. The molecule has 0 saturated heterocycles. The largest absolute Gasteiger partial charge is 0.449 e. The third-order valence-corrected chi connectivity index (χ3v) is 1.19. The van der Waals surface area contributed by atoms with E-state index < -0.39 is 23.4 Å². The maximum absolute atomic E-state index is 11.9. The normalized spacial score (nSPS) is 9.13. The smallest absolute Gasteiger partial charge is 0.325 e. The molecule has 0 amide bonds. The van der Waals surface area contributed by atoms with Gasteiger partial charge in [0.25, 0.3) is 0 Å². The van der Waals surface area contributed by atoms with Crippen molar-refractivity contribution in [3.05, 3.63) is 17.2 Å². The van der Waals surface area contributed by atoms with Gasteiger partial charge >= 0.3 is 6.18 Å². The number of imidazole rings is 1. The van der Waals surface area contributed by atoms with Crippen LogP contribution in [0.25, 0.3) is 0 Å². The van der Waals surface area contributed by atoms with Crippen LogP contribution in [0.4, 0.5) is 13.2 Å². The van der Waals surface area contributed by atoms with E-state index in [1.807, 2.05) is 0 Å². The fourth-order valence-corrected chi connectivity index (χ4v) is 0.669. The standard InChI is InChI=1S/C6HF3N4.2Li/c7-6(8,9)5-12-3(1-10)4(2-11)13-5;;/h(H,12,13);;. The average molecular weight is 200 g/mol. The Bertz CT molecular complexity index is 380. The van der Waals surface area contributed by atoms with Gasteiger partial charge in [-0.15, -0.1) is 0 Å². The van der Waals surface area contributed by atoms with Gasteiger partial charge in [-0.1, -0.05) is 0 Å². The van der Waals surface area contributed by atoms with Crippen molar-refractivity contribution in [1.82, 2.24) is 9.97 Å². The fourth-order valence-electron chi connectivity index (χ4n) is 0.669. The zero-order chi connectivity index (χ0) is 10.1. The molecule has 0 atom stereocenters. The van der Waals surface area contributed by atoms with Gasteiger partial charge in [0.1, 0.15) is 12.1 Å². The summed E-state index contributed by atoms with van der Waals surface area (Å²) >= 11 is 0. The van der Waals surface area contributed by atoms with Crippen LogP contribution in [0.5, 0.6) is 0 Å². The summed E-state index contributed by atoms with van der Waals surface area (Å²) < 4.78 is 35.8. The molecule has 0 saturated carbocycles. The first-order chi connectivity index (χ1) is 5.99. The van der Waals surface area contributed by atoms with E-state index in [0.717, 1.165) is 0 Å². The zero-order valence-corrected chi connectivity index (χ0v) is 7.98. The van der Waals surface area contributed by atoms with E-state index in [0.29, 0.717) is 0 Å². The van der Waals surface area contributed by atoms with E-state index in [1.54, 1.807) is 4.98 Å². The van der Waals surface area contributed by atoms with Gasteiger partial charge < -0.3 is 4.98 Å². The molecule has 1 N–H and O–H groups in total. The minimum Gasteiger partial charge on any atom is -0.325 e. The molecule has 1 rings (SSSR count). The summed E-state index contributed by atoms with van der Waals surface area (Å²) in [4.78, 5) is 4.61. The first kappa shape index (κ1) is 16.6. The number of aromatic amines is 1. The van der Waals surface area contributed by atoms with E-state index in [1.165, 1.54) is 12.1 Å². The number of alkyl halides is 3. The predicted octanol–water partition coefficient (Wildman–Crippen LogP) is 0.410. The van der Waals surface area contributed by atoms with Crippen LogP contribution in [0, 0.1) is 22.7 Å². The number of hydrogen-bond donors (Lipinski definition) is 1. The Morgan fingerprint density at radius 1 is 1.13 bits per heavy atom. The van der Waals surface area contributed by atoms with Gasteiger partial charge in [0.15, 0.2) is 11.4 Å². The monoisotopic (exact) mass is 200 g/mol. The Labute approximate surface area is 107 Å². The molecule has 0 unspecified atom stereocenters. The van der Waals surface area contributed by atoms with Crippen LogP contribution < -0.4 is 0 Å². The van der Waals surface area contributed by atoms with Crippen molar-refractivity contribution in [2.45, 2.75) is 6.18 Å². The summed E-state index contributed by atoms with van der Waals surface area (Å²) in [6, 6.07) is 2.77. The average Bonchev–Trinajstić information content (AvgIpc) is 2.45. The topological polar surface area (TPSA) is 76.3 Å². The maximum Gasteiger partial charge on any atom is 0.449 e. The van der Waals surface area contributed by atoms with Gasteiger partial charge in [0.2, 0.25) is 5.82 Å². The summed E-state index contributed by atoms with van der Waals surface area (Å²) in [6.45, 7) is 0. The molecule has 68 valence electrons. The Morgan fingerprint density at radius 3 is 1.93 bits per heavy atom. The second kappa shape index (κ2) is 5.91. The number of H-pyrrole nitrogens is 1. The van der Waals surface area contributed by atoms with Crippen molar-refractivity contribution in [2.75, 3.05) is 0 Å². The Morgan fingerprint density at radius 2 is 1.67 bits per heavy atom. The molecule has 9 heteroatoms. The molecule has 0 aromatic carbocycles. The van der Waals surface area contributed by atoms with Gasteiger partial charge in [-0.05, 0) is 0 Å². The Balaban J connectivity index is 0. The molecule has 0 aliphatic carbocycles. The zero-order valence-electron chi connectivity index (χ0n) is 7.98. The summed E-state index contributed by atoms with van der Waals surface area (Å²) in [5.74, 6) is -1.33. The second-order valence-corrected chi connectivity index (χ2v) is 2.03. The van der Waals surface area contributed by atoms with E-state index in [4.69, 9.17) is 10.5 Å². The first-order valence-corrected chi connectivity index (χ1v) is 2.96. The first-order valence-electron chi connectivity index (χ1n) is 2.96. The van der Waals surface area contributed by atoms with Crippen LogP contribution >= 0.6 is 0 Å². The molecule has 0 fully saturated rings. The summed E-state index contributed by atoms with van der Waals surface area (Å²) in [5.41, 5.74) is -1.02. The molecule has 0 spiro atoms. The van der Waals surface area contributed by atoms with E-state index >= 15 is 0 Å². The molecule has 15 heavy (non-hydrogen) atoms. The molecule has 4 nitrogen and oxygen atoms in total. The molecule has 0 aliphatic rings. The fraction of sp³-hybridized carbons (Fsp3) is 0.167. The number of nitrogens with zero attached hydrogens (tertiary/aromatic N) is 3. The number of halogens is 3. The number of nitriles is 2. The molecule has 1 aromatic heterocycles. The van der Waals surface area contributed by atoms with Crippen molar-refractivity contribution in [2.24, 2.45) is 0 Å². The van der Waals surface area contributed by atoms with Crippen molar-refractivity contribution in [3.8, 4) is 12.1 Å². The van der Waals surface area contributed by atoms with Crippen molar-refractivity contribution in [3.63, 3.8) is 0 Å². The van der Waals surface area contributed by atoms with Gasteiger partial charge in [0.05, 0.1) is 0 Å². The Kier molecular flexibility index (Phi) is 6.54. The van der Waals surface area contributed by atoms with Crippen molar-refractivity contribution >= 4 is 37.7 Å². The summed E-state index contributed by atoms with van der Waals surface area (Å²) in [5, 5.41) is 16.6. The predicted molar refractivity (Wildman–Crippen MR) is 44.5 cm³/mol. The minimum atomic E-state index is -4.67. The van der Waals surface area contributed by atoms with Crippen LogP contribution in [-0.2, 0) is 6.18 Å². The van der Waals surface area contributed by atoms with Crippen molar-refractivity contribution < 1.29 is 13.2 Å². The van der Waals surface area contributed by atoms with Gasteiger partial charge in [-0.3, -0.25) is 0 Å². The van der Waals surface area contributed by atoms with Gasteiger partial charge in [-0.25, -0.2) is 4.98 Å². The van der Waals surface area contributed by atoms with Crippen LogP contribution in [0.2, 0.25) is 0 Å². The number of nitrogens with one attached hydrogen (secondary N) is 1. The van der Waals surface area contributed by atoms with E-state index in [9.17, 15) is 13.2 Å². The minimum absolute atomic E-state index is 0. The van der Waals surface area contributed by atoms with Crippen molar-refractivity contribution in [1.29, 1.82) is 10.5 Å². The molecule has 1 aromatic rings. The summed E-state index contributed by atoms with van der Waals surface area (Å²) in [7, 11) is 0. The molecule has 0 aliphatic heterocycles. The third-order valence-electron chi connectivity index (χ3n) is 1.19. The quantitative estimate of drug-likeness (QED) is 0.616. The third kappa shape index (κ3) is 3.67. The molecule has 0 bridgehead atoms. The molecule has 1 heterocycles. The Hall–Kier alpha value is -0.825. The SMILES string of the molecule is N#Cc1nc(C(F)(F)F)[nH]c1C#N.[Li].[Li]. The van der Waals surface area contributed by atoms with E-state index in [-0.39, 0.29) is 37.7 Å². The van der Waals surface area contributed by atoms with Crippen LogP contribution in [0.1, 0.15) is 17.2 Å².